The average molecular weight is 404 g/mol. The van der Waals surface area contributed by atoms with Crippen LogP contribution in [0.1, 0.15) is 10.4 Å². The van der Waals surface area contributed by atoms with E-state index < -0.39 is 12.0 Å². The Morgan fingerprint density at radius 3 is 2.23 bits per heavy atom. The third kappa shape index (κ3) is 4.37. The van der Waals surface area contributed by atoms with Gasteiger partial charge in [0.15, 0.2) is 0 Å². The molecule has 0 bridgehead atoms. The van der Waals surface area contributed by atoms with E-state index in [-0.39, 0.29) is 11.3 Å². The highest BCUT2D eigenvalue weighted by atomic mass is 79.9. The Bertz CT molecular complexity index is 733. The van der Waals surface area contributed by atoms with E-state index >= 15 is 0 Å². The molecule has 0 saturated heterocycles. The summed E-state index contributed by atoms with van der Waals surface area (Å²) < 4.78 is 0.638. The lowest BCUT2D eigenvalue weighted by molar-refractivity contribution is 0.0698. The van der Waals surface area contributed by atoms with Crippen LogP contribution in [0.15, 0.2) is 40.9 Å². The average Bonchev–Trinajstić information content (AvgIpc) is 2.36. The van der Waals surface area contributed by atoms with Crippen molar-refractivity contribution >= 4 is 62.5 Å². The molecular formula is C14H9BrCl2N2O3. The van der Waals surface area contributed by atoms with Gasteiger partial charge in [-0.1, -0.05) is 39.1 Å². The van der Waals surface area contributed by atoms with Gasteiger partial charge in [-0.3, -0.25) is 0 Å². The predicted octanol–water partition coefficient (Wildman–Crippen LogP) is 5.10. The van der Waals surface area contributed by atoms with Gasteiger partial charge in [0.2, 0.25) is 0 Å². The number of benzene rings is 2. The van der Waals surface area contributed by atoms with E-state index in [1.807, 2.05) is 0 Å². The zero-order valence-corrected chi connectivity index (χ0v) is 14.0. The molecule has 0 fully saturated rings. The number of nitrogens with one attached hydrogen (secondary N) is 2. The minimum atomic E-state index is -1.14. The molecule has 0 aromatic heterocycles. The third-order valence-corrected chi connectivity index (χ3v) is 3.51. The Morgan fingerprint density at radius 1 is 1.00 bits per heavy atom. The van der Waals surface area contributed by atoms with Crippen LogP contribution >= 0.6 is 39.1 Å². The Kier molecular flexibility index (Phi) is 5.28. The maximum Gasteiger partial charge on any atom is 0.337 e. The van der Waals surface area contributed by atoms with E-state index in [1.165, 1.54) is 30.3 Å². The summed E-state index contributed by atoms with van der Waals surface area (Å²) in [7, 11) is 0. The zero-order valence-electron chi connectivity index (χ0n) is 10.9. The fraction of sp³-hybridized carbons (Fsp3) is 0. The molecule has 3 N–H and O–H groups in total. The number of amides is 2. The van der Waals surface area contributed by atoms with E-state index in [1.54, 1.807) is 6.07 Å². The second-order valence-electron chi connectivity index (χ2n) is 4.23. The maximum atomic E-state index is 12.0. The number of carboxylic acid groups (broad SMARTS) is 1. The quantitative estimate of drug-likeness (QED) is 0.667. The van der Waals surface area contributed by atoms with Crippen LogP contribution in [0.25, 0.3) is 0 Å². The molecule has 0 atom stereocenters. The summed E-state index contributed by atoms with van der Waals surface area (Å²) in [5, 5.41) is 14.9. The molecule has 2 aromatic rings. The minimum absolute atomic E-state index is 0.0255. The minimum Gasteiger partial charge on any atom is -0.478 e. The van der Waals surface area contributed by atoms with Crippen molar-refractivity contribution in [3.63, 3.8) is 0 Å². The fourth-order valence-electron chi connectivity index (χ4n) is 1.72. The van der Waals surface area contributed by atoms with Gasteiger partial charge in [0.05, 0.1) is 11.3 Å². The molecule has 2 aromatic carbocycles. The molecule has 0 aliphatic heterocycles. The number of urea groups is 1. The zero-order chi connectivity index (χ0) is 16.3. The van der Waals surface area contributed by atoms with Crippen LogP contribution in [-0.4, -0.2) is 17.1 Å². The largest absolute Gasteiger partial charge is 0.478 e. The van der Waals surface area contributed by atoms with Crippen molar-refractivity contribution < 1.29 is 14.7 Å². The first-order valence-electron chi connectivity index (χ1n) is 5.92. The molecular weight excluding hydrogens is 395 g/mol. The molecule has 0 saturated carbocycles. The monoisotopic (exact) mass is 402 g/mol. The molecule has 114 valence electrons. The van der Waals surface area contributed by atoms with Crippen molar-refractivity contribution in [1.82, 2.24) is 0 Å². The number of halogens is 3. The van der Waals surface area contributed by atoms with Gasteiger partial charge in [0.25, 0.3) is 0 Å². The van der Waals surface area contributed by atoms with Gasteiger partial charge in [-0.2, -0.15) is 0 Å². The van der Waals surface area contributed by atoms with Gasteiger partial charge in [-0.25, -0.2) is 9.59 Å². The van der Waals surface area contributed by atoms with Gasteiger partial charge >= 0.3 is 12.0 Å². The highest BCUT2D eigenvalue weighted by molar-refractivity contribution is 9.10. The molecule has 0 spiro atoms. The molecule has 0 aliphatic carbocycles. The van der Waals surface area contributed by atoms with Crippen LogP contribution in [-0.2, 0) is 0 Å². The second kappa shape index (κ2) is 7.00. The number of aromatic carboxylic acids is 1. The third-order valence-electron chi connectivity index (χ3n) is 2.58. The van der Waals surface area contributed by atoms with Crippen LogP contribution in [0.5, 0.6) is 0 Å². The number of anilines is 2. The van der Waals surface area contributed by atoms with Crippen molar-refractivity contribution in [2.75, 3.05) is 10.6 Å². The van der Waals surface area contributed by atoms with E-state index in [9.17, 15) is 9.59 Å². The van der Waals surface area contributed by atoms with Crippen LogP contribution in [0.2, 0.25) is 10.0 Å². The smallest absolute Gasteiger partial charge is 0.337 e. The number of carbonyl (C=O) groups is 2. The first kappa shape index (κ1) is 16.6. The van der Waals surface area contributed by atoms with Crippen LogP contribution in [0.4, 0.5) is 16.2 Å². The summed E-state index contributed by atoms with van der Waals surface area (Å²) >= 11 is 14.9. The lowest BCUT2D eigenvalue weighted by Gasteiger charge is -2.11. The van der Waals surface area contributed by atoms with Crippen LogP contribution in [0, 0.1) is 0 Å². The summed E-state index contributed by atoms with van der Waals surface area (Å²) in [5.41, 5.74) is 0.525. The summed E-state index contributed by atoms with van der Waals surface area (Å²) in [5.74, 6) is -1.14. The van der Waals surface area contributed by atoms with Gasteiger partial charge < -0.3 is 15.7 Å². The molecule has 0 aliphatic rings. The number of hydrogen-bond acceptors (Lipinski definition) is 2. The van der Waals surface area contributed by atoms with Crippen molar-refractivity contribution in [1.29, 1.82) is 0 Å². The second-order valence-corrected chi connectivity index (χ2v) is 6.02. The van der Waals surface area contributed by atoms with E-state index in [0.29, 0.717) is 20.2 Å². The van der Waals surface area contributed by atoms with E-state index in [0.717, 1.165) is 0 Å². The molecule has 0 heterocycles. The number of carbonyl (C=O) groups excluding carboxylic acids is 1. The predicted molar refractivity (Wildman–Crippen MR) is 90.2 cm³/mol. The van der Waals surface area contributed by atoms with Gasteiger partial charge in [-0.15, -0.1) is 0 Å². The standard InChI is InChI=1S/C14H9BrCl2N2O3/c15-7-1-2-11(13(20)21)12(3-7)19-14(22)18-10-5-8(16)4-9(17)6-10/h1-6H,(H,20,21)(H2,18,19,22). The Hall–Kier alpha value is -1.76. The topological polar surface area (TPSA) is 78.4 Å². The SMILES string of the molecule is O=C(Nc1cc(Cl)cc(Cl)c1)Nc1cc(Br)ccc1C(=O)O. The molecule has 0 unspecified atom stereocenters. The van der Waals surface area contributed by atoms with Crippen LogP contribution < -0.4 is 10.6 Å². The van der Waals surface area contributed by atoms with E-state index in [2.05, 4.69) is 26.6 Å². The van der Waals surface area contributed by atoms with Crippen molar-refractivity contribution in [3.05, 3.63) is 56.5 Å². The molecule has 5 nitrogen and oxygen atoms in total. The van der Waals surface area contributed by atoms with E-state index in [4.69, 9.17) is 28.3 Å². The highest BCUT2D eigenvalue weighted by Gasteiger charge is 2.13. The van der Waals surface area contributed by atoms with Crippen LogP contribution in [0.3, 0.4) is 0 Å². The first-order chi connectivity index (χ1) is 10.3. The Labute approximate surface area is 144 Å². The number of rotatable bonds is 3. The highest BCUT2D eigenvalue weighted by Crippen LogP contribution is 2.24. The number of carboxylic acids is 1. The molecule has 8 heteroatoms. The fourth-order valence-corrected chi connectivity index (χ4v) is 2.60. The summed E-state index contributed by atoms with van der Waals surface area (Å²) in [6.45, 7) is 0. The summed E-state index contributed by atoms with van der Waals surface area (Å²) in [6, 6.07) is 8.41. The normalized spacial score (nSPS) is 10.1. The first-order valence-corrected chi connectivity index (χ1v) is 7.47. The van der Waals surface area contributed by atoms with Crippen molar-refractivity contribution in [2.24, 2.45) is 0 Å². The number of hydrogen-bond donors (Lipinski definition) is 3. The lowest BCUT2D eigenvalue weighted by atomic mass is 10.2. The summed E-state index contributed by atoms with van der Waals surface area (Å²) in [6.07, 6.45) is 0. The Balaban J connectivity index is 2.18. The molecule has 22 heavy (non-hydrogen) atoms. The van der Waals surface area contributed by atoms with Gasteiger partial charge in [0.1, 0.15) is 0 Å². The van der Waals surface area contributed by atoms with Crippen molar-refractivity contribution in [2.45, 2.75) is 0 Å². The Morgan fingerprint density at radius 2 is 1.64 bits per heavy atom. The van der Waals surface area contributed by atoms with Gasteiger partial charge in [0, 0.05) is 20.2 Å². The van der Waals surface area contributed by atoms with Crippen molar-refractivity contribution in [3.8, 4) is 0 Å². The molecule has 2 rings (SSSR count). The summed E-state index contributed by atoms with van der Waals surface area (Å²) in [4.78, 5) is 23.1. The lowest BCUT2D eigenvalue weighted by Crippen LogP contribution is -2.21. The molecule has 2 amide bonds. The molecule has 0 radical (unpaired) electrons. The van der Waals surface area contributed by atoms with Gasteiger partial charge in [-0.05, 0) is 36.4 Å². The maximum absolute atomic E-state index is 12.0.